The zero-order valence-corrected chi connectivity index (χ0v) is 20.3. The second kappa shape index (κ2) is 8.89. The maximum Gasteiger partial charge on any atom is 0.434 e. The van der Waals surface area contributed by atoms with Gasteiger partial charge in [0.05, 0.1) is 24.1 Å². The molecule has 0 saturated heterocycles. The van der Waals surface area contributed by atoms with Crippen molar-refractivity contribution in [1.29, 1.82) is 0 Å². The lowest BCUT2D eigenvalue weighted by atomic mass is 10.1. The van der Waals surface area contributed by atoms with E-state index >= 15 is 4.39 Å². The average Bonchev–Trinajstić information content (AvgIpc) is 3.51. The number of ether oxygens (including phenoxy) is 1. The Morgan fingerprint density at radius 1 is 1.11 bits per heavy atom. The van der Waals surface area contributed by atoms with Crippen LogP contribution in [0.25, 0.3) is 33.9 Å². The number of imidazole rings is 1. The molecule has 194 valence electrons. The number of hydrogen-bond donors (Lipinski definition) is 0. The van der Waals surface area contributed by atoms with Gasteiger partial charge in [0.2, 0.25) is 11.8 Å². The summed E-state index contributed by atoms with van der Waals surface area (Å²) in [6.45, 7) is 0. The number of methoxy groups -OCH3 is 1. The van der Waals surface area contributed by atoms with E-state index in [2.05, 4.69) is 24.9 Å². The number of hydrogen-bond acceptors (Lipinski definition) is 7. The summed E-state index contributed by atoms with van der Waals surface area (Å²) in [6.07, 6.45) is 1.48. The molecule has 1 fully saturated rings. The highest BCUT2D eigenvalue weighted by molar-refractivity contribution is 5.80. The standard InChI is InChI=1S/C26H20F4N6O2/c1-36-11-19(26(28,29)30)35-23(36)15-6-3-13(9-16(15)27)10-18-22-17(7-8-31-18)34-25(38-22)20-21(14-4-5-14)32-12-33-24(20)37-2/h3,6-9,11-12,14H,4-5,10H2,1-2H3. The van der Waals surface area contributed by atoms with E-state index in [0.29, 0.717) is 45.6 Å². The highest BCUT2D eigenvalue weighted by atomic mass is 19.4. The van der Waals surface area contributed by atoms with Crippen LogP contribution in [0.2, 0.25) is 0 Å². The first kappa shape index (κ1) is 24.0. The lowest BCUT2D eigenvalue weighted by Gasteiger charge is -2.08. The smallest absolute Gasteiger partial charge is 0.434 e. The first-order chi connectivity index (χ1) is 18.2. The molecule has 0 N–H and O–H groups in total. The minimum atomic E-state index is -4.62. The van der Waals surface area contributed by atoms with Crippen molar-refractivity contribution in [3.8, 4) is 28.7 Å². The molecule has 0 amide bonds. The van der Waals surface area contributed by atoms with Gasteiger partial charge < -0.3 is 13.7 Å². The zero-order valence-electron chi connectivity index (χ0n) is 20.3. The van der Waals surface area contributed by atoms with Crippen molar-refractivity contribution in [2.45, 2.75) is 31.4 Å². The van der Waals surface area contributed by atoms with Gasteiger partial charge in [0.25, 0.3) is 0 Å². The minimum Gasteiger partial charge on any atom is -0.480 e. The van der Waals surface area contributed by atoms with Crippen LogP contribution in [0.5, 0.6) is 5.88 Å². The number of oxazole rings is 1. The molecule has 8 nitrogen and oxygen atoms in total. The van der Waals surface area contributed by atoms with Crippen LogP contribution in [-0.2, 0) is 19.6 Å². The number of pyridine rings is 1. The third-order valence-corrected chi connectivity index (χ3v) is 6.40. The Labute approximate surface area is 213 Å². The van der Waals surface area contributed by atoms with E-state index in [0.717, 1.165) is 29.3 Å². The molecule has 4 heterocycles. The zero-order chi connectivity index (χ0) is 26.6. The molecule has 6 rings (SSSR count). The van der Waals surface area contributed by atoms with Gasteiger partial charge in [0.1, 0.15) is 29.0 Å². The van der Waals surface area contributed by atoms with Gasteiger partial charge in [-0.3, -0.25) is 4.98 Å². The molecule has 0 unspecified atom stereocenters. The van der Waals surface area contributed by atoms with E-state index < -0.39 is 17.7 Å². The van der Waals surface area contributed by atoms with Gasteiger partial charge in [-0.15, -0.1) is 0 Å². The molecular formula is C26H20F4N6O2. The summed E-state index contributed by atoms with van der Waals surface area (Å²) in [5.74, 6) is 0.151. The number of benzene rings is 1. The second-order valence-corrected chi connectivity index (χ2v) is 9.09. The van der Waals surface area contributed by atoms with E-state index in [1.54, 1.807) is 18.3 Å². The molecule has 0 radical (unpaired) electrons. The summed E-state index contributed by atoms with van der Waals surface area (Å²) in [4.78, 5) is 21.3. The van der Waals surface area contributed by atoms with Crippen LogP contribution in [0.4, 0.5) is 17.6 Å². The largest absolute Gasteiger partial charge is 0.480 e. The Hall–Kier alpha value is -4.35. The van der Waals surface area contributed by atoms with Crippen LogP contribution in [0.3, 0.4) is 0 Å². The SMILES string of the molecule is COc1ncnc(C2CC2)c1-c1nc2ccnc(Cc3ccc(-c4nc(C(F)(F)F)cn4C)c(F)c3)c2o1. The first-order valence-corrected chi connectivity index (χ1v) is 11.8. The number of aromatic nitrogens is 6. The third kappa shape index (κ3) is 4.25. The van der Waals surface area contributed by atoms with E-state index in [1.165, 1.54) is 32.6 Å². The highest BCUT2D eigenvalue weighted by Crippen LogP contribution is 2.45. The van der Waals surface area contributed by atoms with Gasteiger partial charge in [0, 0.05) is 31.8 Å². The molecule has 1 saturated carbocycles. The normalized spacial score (nSPS) is 13.8. The van der Waals surface area contributed by atoms with E-state index in [9.17, 15) is 13.2 Å². The Kier molecular flexibility index (Phi) is 5.62. The average molecular weight is 524 g/mol. The van der Waals surface area contributed by atoms with Gasteiger partial charge in [-0.25, -0.2) is 24.3 Å². The molecule has 4 aromatic heterocycles. The number of aryl methyl sites for hydroxylation is 1. The van der Waals surface area contributed by atoms with E-state index in [1.807, 2.05) is 0 Å². The van der Waals surface area contributed by atoms with Gasteiger partial charge >= 0.3 is 6.18 Å². The molecule has 0 atom stereocenters. The van der Waals surface area contributed by atoms with E-state index in [-0.39, 0.29) is 17.8 Å². The summed E-state index contributed by atoms with van der Waals surface area (Å²) in [7, 11) is 2.91. The van der Waals surface area contributed by atoms with Gasteiger partial charge in [-0.05, 0) is 36.6 Å². The van der Waals surface area contributed by atoms with Gasteiger partial charge in [0.15, 0.2) is 11.3 Å². The van der Waals surface area contributed by atoms with Crippen LogP contribution in [0.15, 0.2) is 47.4 Å². The highest BCUT2D eigenvalue weighted by Gasteiger charge is 2.35. The van der Waals surface area contributed by atoms with Crippen molar-refractivity contribution >= 4 is 11.1 Å². The molecular weight excluding hydrogens is 504 g/mol. The second-order valence-electron chi connectivity index (χ2n) is 9.09. The Morgan fingerprint density at radius 3 is 2.61 bits per heavy atom. The molecule has 1 aromatic carbocycles. The summed E-state index contributed by atoms with van der Waals surface area (Å²) in [5.41, 5.74) is 2.36. The topological polar surface area (TPSA) is 91.8 Å². The van der Waals surface area contributed by atoms with Crippen molar-refractivity contribution in [2.75, 3.05) is 7.11 Å². The quantitative estimate of drug-likeness (QED) is 0.263. The summed E-state index contributed by atoms with van der Waals surface area (Å²) in [5, 5.41) is 0. The van der Waals surface area contributed by atoms with Crippen molar-refractivity contribution in [3.05, 3.63) is 71.4 Å². The molecule has 5 aromatic rings. The summed E-state index contributed by atoms with van der Waals surface area (Å²) in [6, 6.07) is 6.00. The molecule has 0 bridgehead atoms. The van der Waals surface area contributed by atoms with Crippen molar-refractivity contribution in [1.82, 2.24) is 29.5 Å². The van der Waals surface area contributed by atoms with Crippen LogP contribution < -0.4 is 4.74 Å². The third-order valence-electron chi connectivity index (χ3n) is 6.40. The summed E-state index contributed by atoms with van der Waals surface area (Å²) < 4.78 is 66.9. The fourth-order valence-electron chi connectivity index (χ4n) is 4.44. The molecule has 0 spiro atoms. The van der Waals surface area contributed by atoms with E-state index in [4.69, 9.17) is 9.15 Å². The minimum absolute atomic E-state index is 0.0383. The Bertz CT molecular complexity index is 1670. The lowest BCUT2D eigenvalue weighted by Crippen LogP contribution is -2.05. The van der Waals surface area contributed by atoms with Gasteiger partial charge in [-0.2, -0.15) is 13.2 Å². The Morgan fingerprint density at radius 2 is 1.92 bits per heavy atom. The fourth-order valence-corrected chi connectivity index (χ4v) is 4.44. The fraction of sp³-hybridized carbons (Fsp3) is 0.269. The molecule has 1 aliphatic rings. The lowest BCUT2D eigenvalue weighted by molar-refractivity contribution is -0.140. The van der Waals surface area contributed by atoms with Gasteiger partial charge in [-0.1, -0.05) is 6.07 Å². The maximum absolute atomic E-state index is 15.1. The van der Waals surface area contributed by atoms with Crippen LogP contribution in [0.1, 0.15) is 41.4 Å². The first-order valence-electron chi connectivity index (χ1n) is 11.8. The van der Waals surface area contributed by atoms with Crippen LogP contribution in [0, 0.1) is 5.82 Å². The number of nitrogens with zero attached hydrogens (tertiary/aromatic N) is 6. The van der Waals surface area contributed by atoms with Crippen molar-refractivity contribution in [3.63, 3.8) is 0 Å². The van der Waals surface area contributed by atoms with Crippen LogP contribution >= 0.6 is 0 Å². The Balaban J connectivity index is 1.34. The number of halogens is 4. The summed E-state index contributed by atoms with van der Waals surface area (Å²) >= 11 is 0. The molecule has 12 heteroatoms. The molecule has 0 aliphatic heterocycles. The molecule has 38 heavy (non-hydrogen) atoms. The number of alkyl halides is 3. The van der Waals surface area contributed by atoms with Crippen molar-refractivity contribution < 1.29 is 26.7 Å². The number of rotatable bonds is 6. The van der Waals surface area contributed by atoms with Crippen LogP contribution in [-0.4, -0.2) is 36.6 Å². The van der Waals surface area contributed by atoms with Crippen molar-refractivity contribution in [2.24, 2.45) is 7.05 Å². The molecule has 1 aliphatic carbocycles. The predicted molar refractivity (Wildman–Crippen MR) is 128 cm³/mol. The number of fused-ring (bicyclic) bond motifs is 1. The predicted octanol–water partition coefficient (Wildman–Crippen LogP) is 5.72. The maximum atomic E-state index is 15.1. The monoisotopic (exact) mass is 524 g/mol.